The van der Waals surface area contributed by atoms with E-state index in [4.69, 9.17) is 0 Å². The highest BCUT2D eigenvalue weighted by Crippen LogP contribution is 2.16. The number of benzene rings is 3. The topological polar surface area (TPSA) is 35.6 Å². The van der Waals surface area contributed by atoms with Gasteiger partial charge in [-0.1, -0.05) is 49.4 Å². The van der Waals surface area contributed by atoms with E-state index in [1.807, 2.05) is 54.6 Å². The zero-order valence-corrected chi connectivity index (χ0v) is 17.4. The number of carbonyl (C=O) groups excluding carboxylic acids is 1. The summed E-state index contributed by atoms with van der Waals surface area (Å²) >= 11 is 0. The van der Waals surface area contributed by atoms with Crippen LogP contribution in [0, 0.1) is 0 Å². The molecule has 0 aliphatic heterocycles. The summed E-state index contributed by atoms with van der Waals surface area (Å²) in [7, 11) is 4.11. The maximum absolute atomic E-state index is 12.4. The van der Waals surface area contributed by atoms with Gasteiger partial charge in [-0.05, 0) is 54.1 Å². The first kappa shape index (κ1) is 20.6. The fourth-order valence-corrected chi connectivity index (χ4v) is 3.18. The molecule has 3 aromatic carbocycles. The average Bonchev–Trinajstić information content (AvgIpc) is 2.75. The molecule has 0 aromatic heterocycles. The predicted octanol–water partition coefficient (Wildman–Crippen LogP) is 5.03. The highest BCUT2D eigenvalue weighted by atomic mass is 16.1. The van der Waals surface area contributed by atoms with E-state index in [9.17, 15) is 4.79 Å². The number of rotatable bonds is 8. The molecular weight excluding hydrogens is 358 g/mol. The molecular formula is C25H29N3O. The van der Waals surface area contributed by atoms with Crippen molar-refractivity contribution < 1.29 is 4.79 Å². The van der Waals surface area contributed by atoms with Crippen molar-refractivity contribution in [2.45, 2.75) is 20.0 Å². The summed E-state index contributed by atoms with van der Waals surface area (Å²) in [6.07, 6.45) is 0. The first-order valence-electron chi connectivity index (χ1n) is 9.99. The smallest absolute Gasteiger partial charge is 0.255 e. The maximum atomic E-state index is 12.4. The Labute approximate surface area is 173 Å². The highest BCUT2D eigenvalue weighted by molar-refractivity contribution is 6.04. The molecule has 0 aliphatic rings. The lowest BCUT2D eigenvalue weighted by atomic mass is 10.1. The van der Waals surface area contributed by atoms with Crippen LogP contribution in [0.1, 0.15) is 28.4 Å². The van der Waals surface area contributed by atoms with E-state index in [2.05, 4.69) is 60.4 Å². The molecule has 0 saturated carbocycles. The number of hydrogen-bond acceptors (Lipinski definition) is 3. The minimum atomic E-state index is -0.0870. The van der Waals surface area contributed by atoms with Gasteiger partial charge < -0.3 is 10.2 Å². The summed E-state index contributed by atoms with van der Waals surface area (Å²) in [5.41, 5.74) is 5.18. The molecule has 0 fully saturated rings. The number of amides is 1. The largest absolute Gasteiger partial charge is 0.378 e. The zero-order chi connectivity index (χ0) is 20.6. The van der Waals surface area contributed by atoms with Crippen LogP contribution in [-0.4, -0.2) is 31.4 Å². The predicted molar refractivity (Wildman–Crippen MR) is 121 cm³/mol. The van der Waals surface area contributed by atoms with E-state index in [1.165, 1.54) is 16.8 Å². The molecule has 3 rings (SSSR count). The monoisotopic (exact) mass is 387 g/mol. The van der Waals surface area contributed by atoms with Crippen LogP contribution in [0.5, 0.6) is 0 Å². The maximum Gasteiger partial charge on any atom is 0.255 e. The highest BCUT2D eigenvalue weighted by Gasteiger charge is 2.09. The van der Waals surface area contributed by atoms with Crippen molar-refractivity contribution in [1.29, 1.82) is 0 Å². The number of nitrogens with one attached hydrogen (secondary N) is 1. The molecule has 0 heterocycles. The normalized spacial score (nSPS) is 10.8. The number of para-hydroxylation sites is 1. The molecule has 1 N–H and O–H groups in total. The molecule has 0 atom stereocenters. The zero-order valence-electron chi connectivity index (χ0n) is 17.4. The minimum Gasteiger partial charge on any atom is -0.378 e. The Hall–Kier alpha value is -3.11. The molecule has 3 aromatic rings. The molecule has 0 radical (unpaired) electrons. The minimum absolute atomic E-state index is 0.0870. The third kappa shape index (κ3) is 5.93. The molecule has 0 saturated heterocycles. The van der Waals surface area contributed by atoms with Crippen LogP contribution in [0.15, 0.2) is 78.9 Å². The average molecular weight is 388 g/mol. The van der Waals surface area contributed by atoms with Gasteiger partial charge in [0.25, 0.3) is 5.91 Å². The summed E-state index contributed by atoms with van der Waals surface area (Å²) in [4.78, 5) is 16.9. The van der Waals surface area contributed by atoms with Gasteiger partial charge in [-0.25, -0.2) is 0 Å². The van der Waals surface area contributed by atoms with E-state index < -0.39 is 0 Å². The van der Waals surface area contributed by atoms with E-state index in [0.29, 0.717) is 5.56 Å². The van der Waals surface area contributed by atoms with Crippen molar-refractivity contribution in [2.75, 3.05) is 30.9 Å². The van der Waals surface area contributed by atoms with Gasteiger partial charge >= 0.3 is 0 Å². The van der Waals surface area contributed by atoms with Gasteiger partial charge in [0.15, 0.2) is 0 Å². The number of carbonyl (C=O) groups is 1. The lowest BCUT2D eigenvalue weighted by molar-refractivity contribution is 0.102. The summed E-state index contributed by atoms with van der Waals surface area (Å²) in [6.45, 7) is 4.90. The lowest BCUT2D eigenvalue weighted by Gasteiger charge is -2.21. The quantitative estimate of drug-likeness (QED) is 0.589. The molecule has 4 nitrogen and oxygen atoms in total. The lowest BCUT2D eigenvalue weighted by Crippen LogP contribution is -2.22. The van der Waals surface area contributed by atoms with E-state index in [-0.39, 0.29) is 5.91 Å². The summed E-state index contributed by atoms with van der Waals surface area (Å²) in [5, 5.41) is 2.92. The Bertz CT molecular complexity index is 903. The Morgan fingerprint density at radius 1 is 0.793 bits per heavy atom. The number of hydrogen-bond donors (Lipinski definition) is 1. The van der Waals surface area contributed by atoms with E-state index in [0.717, 1.165) is 25.3 Å². The summed E-state index contributed by atoms with van der Waals surface area (Å²) in [5.74, 6) is -0.0870. The second kappa shape index (κ2) is 9.89. The molecule has 150 valence electrons. The van der Waals surface area contributed by atoms with Gasteiger partial charge in [-0.2, -0.15) is 0 Å². The molecule has 0 spiro atoms. The Balaban J connectivity index is 1.59. The molecule has 1 amide bonds. The van der Waals surface area contributed by atoms with Crippen molar-refractivity contribution in [2.24, 2.45) is 0 Å². The molecule has 0 unspecified atom stereocenters. The van der Waals surface area contributed by atoms with Crippen molar-refractivity contribution in [1.82, 2.24) is 4.90 Å². The fourth-order valence-electron chi connectivity index (χ4n) is 3.18. The first-order chi connectivity index (χ1) is 14.0. The van der Waals surface area contributed by atoms with Gasteiger partial charge in [0.05, 0.1) is 0 Å². The third-order valence-electron chi connectivity index (χ3n) is 4.96. The first-order valence-corrected chi connectivity index (χ1v) is 9.99. The van der Waals surface area contributed by atoms with Gasteiger partial charge in [0, 0.05) is 44.1 Å². The van der Waals surface area contributed by atoms with Crippen LogP contribution < -0.4 is 10.2 Å². The van der Waals surface area contributed by atoms with E-state index >= 15 is 0 Å². The van der Waals surface area contributed by atoms with Crippen molar-refractivity contribution in [3.63, 3.8) is 0 Å². The van der Waals surface area contributed by atoms with Gasteiger partial charge in [0.1, 0.15) is 0 Å². The van der Waals surface area contributed by atoms with Crippen molar-refractivity contribution >= 4 is 17.3 Å². The fraction of sp³-hybridized carbons (Fsp3) is 0.240. The van der Waals surface area contributed by atoms with Crippen LogP contribution in [0.25, 0.3) is 0 Å². The van der Waals surface area contributed by atoms with Crippen LogP contribution in [0.4, 0.5) is 11.4 Å². The van der Waals surface area contributed by atoms with Crippen molar-refractivity contribution in [3.05, 3.63) is 95.6 Å². The number of anilines is 2. The number of nitrogens with zero attached hydrogens (tertiary/aromatic N) is 2. The van der Waals surface area contributed by atoms with Gasteiger partial charge in [-0.15, -0.1) is 0 Å². The SMILES string of the molecule is CCN(Cc1ccc(C(=O)Nc2ccccc2)cc1)Cc1ccc(N(C)C)cc1. The van der Waals surface area contributed by atoms with E-state index in [1.54, 1.807) is 0 Å². The van der Waals surface area contributed by atoms with Gasteiger partial charge in [-0.3, -0.25) is 9.69 Å². The van der Waals surface area contributed by atoms with Crippen LogP contribution >= 0.6 is 0 Å². The molecule has 0 bridgehead atoms. The van der Waals surface area contributed by atoms with Crippen LogP contribution in [0.2, 0.25) is 0 Å². The standard InChI is InChI=1S/C25H29N3O/c1-4-28(19-21-12-16-24(17-13-21)27(2)3)18-20-10-14-22(15-11-20)25(29)26-23-8-6-5-7-9-23/h5-17H,4,18-19H2,1-3H3,(H,26,29). The third-order valence-corrected chi connectivity index (χ3v) is 4.96. The van der Waals surface area contributed by atoms with Crippen molar-refractivity contribution in [3.8, 4) is 0 Å². The summed E-state index contributed by atoms with van der Waals surface area (Å²) < 4.78 is 0. The molecule has 29 heavy (non-hydrogen) atoms. The molecule has 4 heteroatoms. The van der Waals surface area contributed by atoms with Crippen LogP contribution in [-0.2, 0) is 13.1 Å². The second-order valence-corrected chi connectivity index (χ2v) is 7.38. The Morgan fingerprint density at radius 2 is 1.34 bits per heavy atom. The Morgan fingerprint density at radius 3 is 1.86 bits per heavy atom. The van der Waals surface area contributed by atoms with Gasteiger partial charge in [0.2, 0.25) is 0 Å². The summed E-state index contributed by atoms with van der Waals surface area (Å²) in [6, 6.07) is 26.1. The molecule has 0 aliphatic carbocycles. The Kier molecular flexibility index (Phi) is 7.04. The second-order valence-electron chi connectivity index (χ2n) is 7.38. The van der Waals surface area contributed by atoms with Crippen LogP contribution in [0.3, 0.4) is 0 Å².